The number of carboxylic acid groups (broad SMARTS) is 1. The number of hydrogen-bond donors (Lipinski definition) is 6. The first-order valence-electron chi connectivity index (χ1n) is 21.1. The van der Waals surface area contributed by atoms with Gasteiger partial charge in [0.25, 0.3) is 0 Å². The number of carbonyl (C=O) groups excluding carboxylic acids is 5. The predicted octanol–water partition coefficient (Wildman–Crippen LogP) is 3.41. The summed E-state index contributed by atoms with van der Waals surface area (Å²) >= 11 is 2.99. The molecule has 61 heavy (non-hydrogen) atoms. The smallest absolute Gasteiger partial charge is 0.303 e. The van der Waals surface area contributed by atoms with Crippen LogP contribution in [0.4, 0.5) is 8.78 Å². The molecule has 11 atom stereocenters. The number of alkyl halides is 3. The number of rotatable bonds is 14. The minimum absolute atomic E-state index is 0.00608. The summed E-state index contributed by atoms with van der Waals surface area (Å²) in [6.45, 7) is 2.04. The van der Waals surface area contributed by atoms with Crippen LogP contribution in [0.25, 0.3) is 0 Å². The third-order valence-corrected chi connectivity index (χ3v) is 15.3. The van der Waals surface area contributed by atoms with Crippen molar-refractivity contribution in [1.29, 1.82) is 0 Å². The molecule has 1 heterocycles. The molecule has 1 aromatic carbocycles. The topological polar surface area (TPSA) is 218 Å². The Morgan fingerprint density at radius 2 is 1.72 bits per heavy atom. The molecule has 0 bridgehead atoms. The Kier molecular flexibility index (Phi) is 12.8. The molecule has 3 amide bonds. The molecule has 1 saturated heterocycles. The average Bonchev–Trinajstić information content (AvgIpc) is 3.73. The molecule has 0 spiro atoms. The fourth-order valence-corrected chi connectivity index (χ4v) is 11.9. The molecule has 7 rings (SSSR count). The molecular formula is C44H54BrF2N3O11. The van der Waals surface area contributed by atoms with Crippen LogP contribution in [0.15, 0.2) is 48.1 Å². The molecular weight excluding hydrogens is 864 g/mol. The minimum Gasteiger partial charge on any atom is -0.481 e. The number of amides is 3. The van der Waals surface area contributed by atoms with Crippen LogP contribution in [0.3, 0.4) is 0 Å². The second-order valence-electron chi connectivity index (χ2n) is 18.1. The van der Waals surface area contributed by atoms with E-state index in [-0.39, 0.29) is 55.6 Å². The van der Waals surface area contributed by atoms with E-state index in [4.69, 9.17) is 14.6 Å². The van der Waals surface area contributed by atoms with Crippen molar-refractivity contribution in [2.75, 3.05) is 18.5 Å². The number of nitrogens with one attached hydrogen (secondary N) is 3. The van der Waals surface area contributed by atoms with Gasteiger partial charge in [-0.05, 0) is 99.8 Å². The summed E-state index contributed by atoms with van der Waals surface area (Å²) in [5.41, 5.74) is -5.21. The van der Waals surface area contributed by atoms with Crippen molar-refractivity contribution < 1.29 is 62.3 Å². The lowest BCUT2D eigenvalue weighted by Gasteiger charge is -2.63. The van der Waals surface area contributed by atoms with Crippen molar-refractivity contribution >= 4 is 51.2 Å². The van der Waals surface area contributed by atoms with Crippen molar-refractivity contribution in [3.05, 3.63) is 59.2 Å². The number of aliphatic hydroxyl groups excluding tert-OH is 2. The summed E-state index contributed by atoms with van der Waals surface area (Å²) in [5, 5.41) is 39.1. The van der Waals surface area contributed by atoms with Gasteiger partial charge in [0.05, 0.1) is 24.1 Å². The number of hydrogen-bond acceptors (Lipinski definition) is 10. The third kappa shape index (κ3) is 7.91. The molecule has 0 aromatic heterocycles. The number of halogens is 3. The average molecular weight is 919 g/mol. The number of ether oxygens (including phenoxy) is 2. The number of ketones is 2. The van der Waals surface area contributed by atoms with Crippen molar-refractivity contribution in [2.45, 2.75) is 126 Å². The Labute approximate surface area is 360 Å². The highest BCUT2D eigenvalue weighted by Crippen LogP contribution is 2.72. The van der Waals surface area contributed by atoms with Crippen molar-refractivity contribution in [2.24, 2.45) is 28.6 Å². The van der Waals surface area contributed by atoms with Crippen LogP contribution < -0.4 is 16.0 Å². The first-order valence-corrected chi connectivity index (χ1v) is 22.2. The number of carbonyl (C=O) groups is 6. The first-order chi connectivity index (χ1) is 28.9. The Balaban J connectivity index is 0.975. The largest absolute Gasteiger partial charge is 0.481 e. The molecule has 1 aromatic rings. The summed E-state index contributed by atoms with van der Waals surface area (Å²) in [4.78, 5) is 74.3. The lowest BCUT2D eigenvalue weighted by Crippen LogP contribution is -2.70. The molecule has 14 nitrogen and oxygen atoms in total. The van der Waals surface area contributed by atoms with Gasteiger partial charge in [-0.15, -0.1) is 0 Å². The maximum atomic E-state index is 17.7. The van der Waals surface area contributed by atoms with E-state index in [1.165, 1.54) is 19.1 Å². The lowest BCUT2D eigenvalue weighted by molar-refractivity contribution is -0.235. The summed E-state index contributed by atoms with van der Waals surface area (Å²) in [6, 6.07) is 6.36. The molecule has 5 fully saturated rings. The van der Waals surface area contributed by atoms with E-state index in [1.807, 2.05) is 24.3 Å². The highest BCUT2D eigenvalue weighted by atomic mass is 79.9. The van der Waals surface area contributed by atoms with Crippen LogP contribution in [0.1, 0.15) is 89.1 Å². The zero-order valence-electron chi connectivity index (χ0n) is 34.2. The van der Waals surface area contributed by atoms with E-state index in [0.717, 1.165) is 30.9 Å². The summed E-state index contributed by atoms with van der Waals surface area (Å²) in [5.74, 6) is -5.08. The highest BCUT2D eigenvalue weighted by Gasteiger charge is 2.80. The Morgan fingerprint density at radius 1 is 1.02 bits per heavy atom. The Bertz CT molecular complexity index is 1990. The summed E-state index contributed by atoms with van der Waals surface area (Å²) in [7, 11) is 0. The third-order valence-electron chi connectivity index (χ3n) is 14.8. The molecule has 5 aliphatic carbocycles. The van der Waals surface area contributed by atoms with Crippen LogP contribution in [0.5, 0.6) is 0 Å². The summed E-state index contributed by atoms with van der Waals surface area (Å²) < 4.78 is 46.7. The zero-order chi connectivity index (χ0) is 44.1. The van der Waals surface area contributed by atoms with Gasteiger partial charge in [0.15, 0.2) is 29.1 Å². The highest BCUT2D eigenvalue weighted by molar-refractivity contribution is 9.09. The van der Waals surface area contributed by atoms with E-state index in [1.54, 1.807) is 6.92 Å². The number of benzene rings is 1. The van der Waals surface area contributed by atoms with E-state index in [9.17, 15) is 39.0 Å². The molecule has 0 radical (unpaired) electrons. The number of aliphatic hydroxyl groups is 2. The van der Waals surface area contributed by atoms with Gasteiger partial charge >= 0.3 is 5.97 Å². The normalized spacial score (nSPS) is 37.9. The van der Waals surface area contributed by atoms with Gasteiger partial charge < -0.3 is 40.7 Å². The number of fused-ring (bicyclic) bond motifs is 7. The molecule has 4 saturated carbocycles. The monoisotopic (exact) mass is 917 g/mol. The first kappa shape index (κ1) is 45.1. The minimum atomic E-state index is -2.34. The van der Waals surface area contributed by atoms with Gasteiger partial charge in [-0.25, -0.2) is 8.78 Å². The fraction of sp³-hybridized carbons (Fsp3) is 0.636. The van der Waals surface area contributed by atoms with Crippen LogP contribution in [-0.2, 0) is 44.7 Å². The molecule has 6 aliphatic rings. The van der Waals surface area contributed by atoms with E-state index in [0.29, 0.717) is 24.3 Å². The molecule has 6 N–H and O–H groups in total. The quantitative estimate of drug-likeness (QED) is 0.149. The maximum absolute atomic E-state index is 17.7. The SMILES string of the molecule is C[C@]12C=CC(=O)C=C1[C@@H](F)C[C@H]1[C@@H]3C[C@H]4O[C@@H](c5ccc(CC6CCC(NC(=O)[C@H](CCC(=O)O)NC(=O)CNC(=O)CBr)CC6)cc5)O[C@@]4(C(=O)CO)[C@@]3(C)C[C@H](O)[C@@]12F. The Hall–Kier alpha value is -3.90. The number of aliphatic carboxylic acids is 1. The van der Waals surface area contributed by atoms with Gasteiger partial charge in [0.2, 0.25) is 17.7 Å². The van der Waals surface area contributed by atoms with Crippen molar-refractivity contribution in [3.63, 3.8) is 0 Å². The van der Waals surface area contributed by atoms with E-state index < -0.39 is 107 Å². The number of carboxylic acids is 1. The standard InChI is InChI=1S/C44H54BrF2N3O11/c1-41-14-13-27(52)16-30(41)31(46)17-29-28-18-35-44(34(54)22-51,42(28,2)19-33(53)43(29,41)47)61-40(60-35)25-7-3-23(4-8-25)15-24-5-9-26(10-6-24)49-39(59)32(11-12-38(57)58)50-37(56)21-48-36(55)20-45/h3-4,7-8,13-14,16,24,26,28-29,31-33,35,40,51,53H,5-6,9-12,15,17-22H2,1-2H3,(H,48,55)(H,49,59)(H,50,56)(H,57,58)/t24?,26?,28-,29-,31-,32-,33-,35+,40+,41-,42-,43-,44+/m0/s1. The van der Waals surface area contributed by atoms with Crippen molar-refractivity contribution in [1.82, 2.24) is 16.0 Å². The molecule has 17 heteroatoms. The maximum Gasteiger partial charge on any atom is 0.303 e. The van der Waals surface area contributed by atoms with Crippen LogP contribution in [-0.4, -0.2) is 111 Å². The Morgan fingerprint density at radius 3 is 2.38 bits per heavy atom. The van der Waals surface area contributed by atoms with Gasteiger partial charge in [0.1, 0.15) is 18.8 Å². The molecule has 0 unspecified atom stereocenters. The van der Waals surface area contributed by atoms with Crippen LogP contribution in [0, 0.1) is 28.6 Å². The van der Waals surface area contributed by atoms with E-state index in [2.05, 4.69) is 31.9 Å². The lowest BCUT2D eigenvalue weighted by atomic mass is 9.44. The van der Waals surface area contributed by atoms with Crippen molar-refractivity contribution in [3.8, 4) is 0 Å². The fourth-order valence-electron chi connectivity index (χ4n) is 11.7. The summed E-state index contributed by atoms with van der Waals surface area (Å²) in [6.07, 6.45) is 1.45. The second-order valence-corrected chi connectivity index (χ2v) is 18.7. The number of Topliss-reactive ketones (excluding diaryl/α,β-unsaturated/α-hetero) is 1. The predicted molar refractivity (Wildman–Crippen MR) is 217 cm³/mol. The van der Waals surface area contributed by atoms with Gasteiger partial charge in [-0.2, -0.15) is 0 Å². The van der Waals surface area contributed by atoms with Gasteiger partial charge in [-0.3, -0.25) is 28.8 Å². The zero-order valence-corrected chi connectivity index (χ0v) is 35.8. The molecule has 332 valence electrons. The van der Waals surface area contributed by atoms with Gasteiger partial charge in [-0.1, -0.05) is 53.2 Å². The van der Waals surface area contributed by atoms with Crippen LogP contribution in [0.2, 0.25) is 0 Å². The molecule has 1 aliphatic heterocycles. The number of allylic oxidation sites excluding steroid dienone is 4. The van der Waals surface area contributed by atoms with Crippen LogP contribution >= 0.6 is 15.9 Å². The van der Waals surface area contributed by atoms with E-state index >= 15 is 8.78 Å². The second kappa shape index (κ2) is 17.3. The van der Waals surface area contributed by atoms with Gasteiger partial charge in [0, 0.05) is 34.8 Å².